The molecule has 0 bridgehead atoms. The molecule has 1 amide bonds. The number of nitrogens with zero attached hydrogens (tertiary/aromatic N) is 4. The average Bonchev–Trinajstić information content (AvgIpc) is 2.54. The van der Waals surface area contributed by atoms with E-state index in [0.717, 1.165) is 4.57 Å². The number of fused-ring (bicyclic) bond motifs is 1. The van der Waals surface area contributed by atoms with E-state index in [-0.39, 0.29) is 42.1 Å². The quantitative estimate of drug-likeness (QED) is 0.794. The average molecular weight is 378 g/mol. The second-order valence-corrected chi connectivity index (χ2v) is 5.10. The number of likely N-dealkylation sites (N-methyl/N-ethyl adjacent to an activating group) is 2. The van der Waals surface area contributed by atoms with Crippen LogP contribution in [-0.2, 0) is 14.1 Å². The topological polar surface area (TPSA) is 89.2 Å². The number of hydrogen-bond acceptors (Lipinski definition) is 5. The molecule has 1 N–H and O–H groups in total. The molecule has 0 aliphatic carbocycles. The van der Waals surface area contributed by atoms with Gasteiger partial charge in [-0.1, -0.05) is 0 Å². The van der Waals surface area contributed by atoms with E-state index in [0.29, 0.717) is 18.5 Å². The third-order valence-electron chi connectivity index (χ3n) is 3.56. The SMILES string of the molecule is CNCCN(C)C(=O)c1ccc2c(=O)n(C)c(=O)n(C)c2n1.Cl.Cl. The summed E-state index contributed by atoms with van der Waals surface area (Å²) in [5.74, 6) is -0.259. The van der Waals surface area contributed by atoms with E-state index < -0.39 is 11.2 Å². The van der Waals surface area contributed by atoms with Crippen LogP contribution in [0.4, 0.5) is 0 Å². The van der Waals surface area contributed by atoms with Crippen LogP contribution >= 0.6 is 24.8 Å². The molecule has 0 radical (unpaired) electrons. The minimum absolute atomic E-state index is 0. The van der Waals surface area contributed by atoms with Crippen LogP contribution in [0.15, 0.2) is 21.7 Å². The predicted octanol–water partition coefficient (Wildman–Crippen LogP) is -0.233. The van der Waals surface area contributed by atoms with Crippen LogP contribution in [0, 0.1) is 0 Å². The van der Waals surface area contributed by atoms with Crippen LogP contribution < -0.4 is 16.6 Å². The molecule has 24 heavy (non-hydrogen) atoms. The van der Waals surface area contributed by atoms with Crippen LogP contribution in [0.3, 0.4) is 0 Å². The Bertz CT molecular complexity index is 847. The maximum atomic E-state index is 12.3. The number of carbonyl (C=O) groups is 1. The van der Waals surface area contributed by atoms with E-state index in [9.17, 15) is 14.4 Å². The fraction of sp³-hybridized carbons (Fsp3) is 0.429. The van der Waals surface area contributed by atoms with E-state index in [1.807, 2.05) is 0 Å². The van der Waals surface area contributed by atoms with Gasteiger partial charge in [-0.05, 0) is 19.2 Å². The van der Waals surface area contributed by atoms with Gasteiger partial charge < -0.3 is 10.2 Å². The number of amides is 1. The minimum atomic E-state index is -0.474. The highest BCUT2D eigenvalue weighted by atomic mass is 35.5. The van der Waals surface area contributed by atoms with Crippen molar-refractivity contribution in [2.75, 3.05) is 27.2 Å². The Kier molecular flexibility index (Phi) is 8.12. The van der Waals surface area contributed by atoms with E-state index in [4.69, 9.17) is 0 Å². The van der Waals surface area contributed by atoms with Gasteiger partial charge in [0.2, 0.25) is 0 Å². The zero-order valence-corrected chi connectivity index (χ0v) is 15.5. The number of aryl methyl sites for hydroxylation is 1. The van der Waals surface area contributed by atoms with Gasteiger partial charge in [-0.15, -0.1) is 24.8 Å². The molecule has 134 valence electrons. The smallest absolute Gasteiger partial charge is 0.332 e. The van der Waals surface area contributed by atoms with Crippen molar-refractivity contribution in [1.82, 2.24) is 24.3 Å². The van der Waals surface area contributed by atoms with Crippen molar-refractivity contribution in [3.8, 4) is 0 Å². The highest BCUT2D eigenvalue weighted by Gasteiger charge is 2.16. The van der Waals surface area contributed by atoms with Crippen molar-refractivity contribution >= 4 is 41.8 Å². The van der Waals surface area contributed by atoms with Gasteiger partial charge >= 0.3 is 5.69 Å². The Balaban J connectivity index is 0.00000264. The molecule has 0 fully saturated rings. The molecule has 2 rings (SSSR count). The van der Waals surface area contributed by atoms with Gasteiger partial charge in [0.1, 0.15) is 11.3 Å². The zero-order chi connectivity index (χ0) is 16.4. The summed E-state index contributed by atoms with van der Waals surface area (Å²) in [6.45, 7) is 1.19. The van der Waals surface area contributed by atoms with E-state index >= 15 is 0 Å². The molecule has 0 saturated heterocycles. The molecule has 2 aromatic rings. The third-order valence-corrected chi connectivity index (χ3v) is 3.56. The minimum Gasteiger partial charge on any atom is -0.339 e. The van der Waals surface area contributed by atoms with E-state index in [1.165, 1.54) is 35.7 Å². The number of carbonyl (C=O) groups excluding carboxylic acids is 1. The normalized spacial score (nSPS) is 10.0. The van der Waals surface area contributed by atoms with Crippen LogP contribution in [0.2, 0.25) is 0 Å². The Hall–Kier alpha value is -1.90. The molecule has 0 aliphatic rings. The van der Waals surface area contributed by atoms with Crippen LogP contribution in [0.5, 0.6) is 0 Å². The standard InChI is InChI=1S/C14H19N5O3.2ClH/c1-15-7-8-17(2)13(21)10-6-5-9-11(16-10)18(3)14(22)19(4)12(9)20;;/h5-6,15H,7-8H2,1-4H3;2*1H. The highest BCUT2D eigenvalue weighted by Crippen LogP contribution is 2.08. The van der Waals surface area contributed by atoms with Crippen molar-refractivity contribution in [3.05, 3.63) is 38.7 Å². The second kappa shape index (κ2) is 8.81. The summed E-state index contributed by atoms with van der Waals surface area (Å²) in [5, 5.41) is 3.27. The summed E-state index contributed by atoms with van der Waals surface area (Å²) in [7, 11) is 6.41. The summed E-state index contributed by atoms with van der Waals surface area (Å²) >= 11 is 0. The summed E-state index contributed by atoms with van der Waals surface area (Å²) < 4.78 is 2.28. The Morgan fingerprint density at radius 2 is 1.83 bits per heavy atom. The lowest BCUT2D eigenvalue weighted by molar-refractivity contribution is 0.0791. The first-order valence-electron chi connectivity index (χ1n) is 6.85. The number of pyridine rings is 1. The molecule has 0 spiro atoms. The monoisotopic (exact) mass is 377 g/mol. The van der Waals surface area contributed by atoms with E-state index in [2.05, 4.69) is 10.3 Å². The lowest BCUT2D eigenvalue weighted by Gasteiger charge is -2.16. The summed E-state index contributed by atoms with van der Waals surface area (Å²) in [5.41, 5.74) is -0.485. The van der Waals surface area contributed by atoms with Gasteiger partial charge in [-0.2, -0.15) is 0 Å². The molecule has 0 saturated carbocycles. The largest absolute Gasteiger partial charge is 0.339 e. The summed E-state index contributed by atoms with van der Waals surface area (Å²) in [4.78, 5) is 42.0. The molecular weight excluding hydrogens is 357 g/mol. The van der Waals surface area contributed by atoms with Gasteiger partial charge in [-0.3, -0.25) is 18.7 Å². The molecular formula is C14H21Cl2N5O3. The third kappa shape index (κ3) is 3.95. The fourth-order valence-corrected chi connectivity index (χ4v) is 2.15. The summed E-state index contributed by atoms with van der Waals surface area (Å²) in [6, 6.07) is 3.04. The van der Waals surface area contributed by atoms with Crippen molar-refractivity contribution in [3.63, 3.8) is 0 Å². The van der Waals surface area contributed by atoms with Gasteiger partial charge in [0, 0.05) is 34.2 Å². The lowest BCUT2D eigenvalue weighted by Crippen LogP contribution is -2.38. The molecule has 10 heteroatoms. The van der Waals surface area contributed by atoms with Gasteiger partial charge in [0.05, 0.1) is 5.39 Å². The molecule has 0 aliphatic heterocycles. The molecule has 0 unspecified atom stereocenters. The predicted molar refractivity (Wildman–Crippen MR) is 97.6 cm³/mol. The molecule has 2 heterocycles. The Morgan fingerprint density at radius 1 is 1.21 bits per heavy atom. The summed E-state index contributed by atoms with van der Waals surface area (Å²) in [6.07, 6.45) is 0. The number of nitrogens with one attached hydrogen (secondary N) is 1. The number of halogens is 2. The van der Waals surface area contributed by atoms with Crippen molar-refractivity contribution in [2.45, 2.75) is 0 Å². The fourth-order valence-electron chi connectivity index (χ4n) is 2.15. The number of rotatable bonds is 4. The highest BCUT2D eigenvalue weighted by molar-refractivity contribution is 5.94. The van der Waals surface area contributed by atoms with Crippen LogP contribution in [-0.4, -0.2) is 52.1 Å². The first-order chi connectivity index (χ1) is 10.4. The Morgan fingerprint density at radius 3 is 2.42 bits per heavy atom. The second-order valence-electron chi connectivity index (χ2n) is 5.10. The van der Waals surface area contributed by atoms with Crippen molar-refractivity contribution in [1.29, 1.82) is 0 Å². The van der Waals surface area contributed by atoms with Crippen LogP contribution in [0.1, 0.15) is 10.5 Å². The molecule has 0 atom stereocenters. The van der Waals surface area contributed by atoms with Crippen molar-refractivity contribution < 1.29 is 4.79 Å². The zero-order valence-electron chi connectivity index (χ0n) is 13.9. The number of hydrogen-bond donors (Lipinski definition) is 1. The van der Waals surface area contributed by atoms with Gasteiger partial charge in [0.15, 0.2) is 0 Å². The first-order valence-corrected chi connectivity index (χ1v) is 6.85. The first kappa shape index (κ1) is 22.1. The van der Waals surface area contributed by atoms with E-state index in [1.54, 1.807) is 14.1 Å². The van der Waals surface area contributed by atoms with Crippen LogP contribution in [0.25, 0.3) is 11.0 Å². The number of aromatic nitrogens is 3. The molecule has 2 aromatic heterocycles. The maximum absolute atomic E-state index is 12.3. The molecule has 8 nitrogen and oxygen atoms in total. The lowest BCUT2D eigenvalue weighted by atomic mass is 10.2. The van der Waals surface area contributed by atoms with Crippen molar-refractivity contribution in [2.24, 2.45) is 14.1 Å². The van der Waals surface area contributed by atoms with Gasteiger partial charge in [0.25, 0.3) is 11.5 Å². The van der Waals surface area contributed by atoms with Gasteiger partial charge in [-0.25, -0.2) is 9.78 Å². The maximum Gasteiger partial charge on any atom is 0.332 e. The Labute approximate surface area is 151 Å². The molecule has 0 aromatic carbocycles.